The minimum Gasteiger partial charge on any atom is -0.463 e. The van der Waals surface area contributed by atoms with Crippen LogP contribution in [-0.2, 0) is 16.0 Å². The molecule has 1 aliphatic carbocycles. The number of esters is 1. The van der Waals surface area contributed by atoms with Crippen LogP contribution in [0.1, 0.15) is 77.7 Å². The van der Waals surface area contributed by atoms with Crippen molar-refractivity contribution < 1.29 is 19.7 Å². The summed E-state index contributed by atoms with van der Waals surface area (Å²) in [6.45, 7) is 5.91. The lowest BCUT2D eigenvalue weighted by molar-refractivity contribution is -0.147. The highest BCUT2D eigenvalue weighted by molar-refractivity contribution is 5.69. The van der Waals surface area contributed by atoms with Crippen molar-refractivity contribution in [2.24, 2.45) is 17.8 Å². The Balaban J connectivity index is 1.70. The Kier molecular flexibility index (Phi) is 12.5. The van der Waals surface area contributed by atoms with E-state index in [9.17, 15) is 15.0 Å². The van der Waals surface area contributed by atoms with Crippen LogP contribution < -0.4 is 0 Å². The van der Waals surface area contributed by atoms with Crippen LogP contribution in [0.5, 0.6) is 0 Å². The molecule has 5 unspecified atom stereocenters. The van der Waals surface area contributed by atoms with Gasteiger partial charge in [-0.3, -0.25) is 4.79 Å². The van der Waals surface area contributed by atoms with E-state index in [1.165, 1.54) is 5.56 Å². The summed E-state index contributed by atoms with van der Waals surface area (Å²) in [7, 11) is 0. The molecule has 1 saturated carbocycles. The topological polar surface area (TPSA) is 66.8 Å². The van der Waals surface area contributed by atoms with Gasteiger partial charge in [-0.05, 0) is 82.1 Å². The van der Waals surface area contributed by atoms with E-state index in [2.05, 4.69) is 49.4 Å². The molecule has 4 nitrogen and oxygen atoms in total. The first-order valence-corrected chi connectivity index (χ1v) is 12.8. The standard InChI is InChI=1S/C29H44O4/c1-22(2)33-29(32)18-10-5-4-9-17-27-26(23(3)21-28(27)31)20-19-25(30)16-12-11-15-24-13-7-6-8-14-24/h4,6-9,13-14,19-20,22-23,25-28,30-31H,5,10-12,15-18,21H2,1-3H3. The maximum atomic E-state index is 11.6. The number of rotatable bonds is 14. The number of carbonyl (C=O) groups excluding carboxylic acids is 1. The van der Waals surface area contributed by atoms with E-state index in [4.69, 9.17) is 4.74 Å². The van der Waals surface area contributed by atoms with Crippen molar-refractivity contribution in [1.29, 1.82) is 0 Å². The quantitative estimate of drug-likeness (QED) is 0.204. The van der Waals surface area contributed by atoms with Gasteiger partial charge in [-0.15, -0.1) is 0 Å². The smallest absolute Gasteiger partial charge is 0.306 e. The molecule has 1 fully saturated rings. The summed E-state index contributed by atoms with van der Waals surface area (Å²) >= 11 is 0. The molecule has 0 saturated heterocycles. The van der Waals surface area contributed by atoms with Crippen LogP contribution in [0, 0.1) is 17.8 Å². The van der Waals surface area contributed by atoms with Gasteiger partial charge in [-0.2, -0.15) is 0 Å². The van der Waals surface area contributed by atoms with Gasteiger partial charge in [0.2, 0.25) is 0 Å². The molecule has 33 heavy (non-hydrogen) atoms. The number of allylic oxidation sites excluding steroid dienone is 3. The number of aliphatic hydroxyl groups excluding tert-OH is 2. The zero-order chi connectivity index (χ0) is 24.1. The lowest BCUT2D eigenvalue weighted by atomic mass is 9.86. The second-order valence-corrected chi connectivity index (χ2v) is 9.84. The number of benzene rings is 1. The van der Waals surface area contributed by atoms with E-state index in [0.29, 0.717) is 12.3 Å². The Bertz CT molecular complexity index is 724. The summed E-state index contributed by atoms with van der Waals surface area (Å²) in [6, 6.07) is 10.5. The predicted octanol–water partition coefficient (Wildman–Crippen LogP) is 6.02. The first kappa shape index (κ1) is 27.3. The molecule has 5 atom stereocenters. The van der Waals surface area contributed by atoms with Gasteiger partial charge in [0.05, 0.1) is 18.3 Å². The highest BCUT2D eigenvalue weighted by Gasteiger charge is 2.37. The maximum absolute atomic E-state index is 11.6. The number of ether oxygens (including phenoxy) is 1. The molecular weight excluding hydrogens is 412 g/mol. The van der Waals surface area contributed by atoms with Crippen LogP contribution in [0.15, 0.2) is 54.6 Å². The van der Waals surface area contributed by atoms with Crippen molar-refractivity contribution >= 4 is 5.97 Å². The second-order valence-electron chi connectivity index (χ2n) is 9.84. The molecule has 1 aromatic rings. The van der Waals surface area contributed by atoms with Crippen LogP contribution in [-0.4, -0.2) is 34.5 Å². The Morgan fingerprint density at radius 1 is 1.15 bits per heavy atom. The average molecular weight is 457 g/mol. The lowest BCUT2D eigenvalue weighted by Crippen LogP contribution is -2.18. The average Bonchev–Trinajstić information content (AvgIpc) is 3.04. The molecule has 0 spiro atoms. The fourth-order valence-electron chi connectivity index (χ4n) is 4.78. The molecule has 1 aromatic carbocycles. The fourth-order valence-corrected chi connectivity index (χ4v) is 4.78. The fraction of sp³-hybridized carbons (Fsp3) is 0.621. The van der Waals surface area contributed by atoms with Gasteiger partial charge in [0.25, 0.3) is 0 Å². The van der Waals surface area contributed by atoms with Crippen molar-refractivity contribution in [2.75, 3.05) is 0 Å². The predicted molar refractivity (Wildman–Crippen MR) is 135 cm³/mol. The van der Waals surface area contributed by atoms with Gasteiger partial charge >= 0.3 is 5.97 Å². The molecule has 0 heterocycles. The number of aryl methyl sites for hydroxylation is 1. The molecule has 0 bridgehead atoms. The Labute approximate surface area is 200 Å². The SMILES string of the molecule is CC(C)OC(=O)CCCC=CCC1C(O)CC(C)C1C=CC(O)CCCCc1ccccc1. The monoisotopic (exact) mass is 456 g/mol. The van der Waals surface area contributed by atoms with Gasteiger partial charge in [0.15, 0.2) is 0 Å². The molecule has 184 valence electrons. The number of carbonyl (C=O) groups is 1. The molecule has 4 heteroatoms. The molecule has 0 radical (unpaired) electrons. The Hall–Kier alpha value is -1.91. The van der Waals surface area contributed by atoms with E-state index in [0.717, 1.165) is 51.4 Å². The summed E-state index contributed by atoms with van der Waals surface area (Å²) in [4.78, 5) is 11.6. The highest BCUT2D eigenvalue weighted by Crippen LogP contribution is 2.40. The van der Waals surface area contributed by atoms with Gasteiger partial charge < -0.3 is 14.9 Å². The van der Waals surface area contributed by atoms with Gasteiger partial charge in [0.1, 0.15) is 0 Å². The van der Waals surface area contributed by atoms with Crippen molar-refractivity contribution in [3.63, 3.8) is 0 Å². The first-order chi connectivity index (χ1) is 15.9. The van der Waals surface area contributed by atoms with Crippen molar-refractivity contribution in [1.82, 2.24) is 0 Å². The van der Waals surface area contributed by atoms with Crippen LogP contribution in [0.2, 0.25) is 0 Å². The van der Waals surface area contributed by atoms with Gasteiger partial charge in [-0.1, -0.05) is 68.0 Å². The van der Waals surface area contributed by atoms with Crippen LogP contribution in [0.4, 0.5) is 0 Å². The minimum absolute atomic E-state index is 0.0586. The van der Waals surface area contributed by atoms with Crippen LogP contribution in [0.3, 0.4) is 0 Å². The van der Waals surface area contributed by atoms with Crippen molar-refractivity contribution in [2.45, 2.75) is 96.9 Å². The van der Waals surface area contributed by atoms with E-state index in [1.54, 1.807) is 0 Å². The number of hydrogen-bond acceptors (Lipinski definition) is 4. The summed E-state index contributed by atoms with van der Waals surface area (Å²) in [5.41, 5.74) is 1.35. The number of hydrogen-bond donors (Lipinski definition) is 2. The van der Waals surface area contributed by atoms with E-state index < -0.39 is 6.10 Å². The second kappa shape index (κ2) is 15.1. The first-order valence-electron chi connectivity index (χ1n) is 12.8. The summed E-state index contributed by atoms with van der Waals surface area (Å²) in [6.07, 6.45) is 15.2. The maximum Gasteiger partial charge on any atom is 0.306 e. The number of aliphatic hydroxyl groups is 2. The molecule has 0 aromatic heterocycles. The third kappa shape index (κ3) is 10.7. The molecule has 2 N–H and O–H groups in total. The van der Waals surface area contributed by atoms with Crippen LogP contribution in [0.25, 0.3) is 0 Å². The molecular formula is C29H44O4. The normalized spacial score (nSPS) is 24.2. The van der Waals surface area contributed by atoms with Crippen molar-refractivity contribution in [3.8, 4) is 0 Å². The van der Waals surface area contributed by atoms with Crippen molar-refractivity contribution in [3.05, 3.63) is 60.2 Å². The minimum atomic E-state index is -0.424. The van der Waals surface area contributed by atoms with E-state index in [-0.39, 0.29) is 30.0 Å². The molecule has 0 amide bonds. The summed E-state index contributed by atoms with van der Waals surface area (Å²) in [5, 5.41) is 21.0. The Morgan fingerprint density at radius 2 is 1.91 bits per heavy atom. The molecule has 1 aliphatic rings. The summed E-state index contributed by atoms with van der Waals surface area (Å²) in [5.74, 6) is 0.737. The van der Waals surface area contributed by atoms with E-state index >= 15 is 0 Å². The van der Waals surface area contributed by atoms with Gasteiger partial charge in [-0.25, -0.2) is 0 Å². The largest absolute Gasteiger partial charge is 0.463 e. The summed E-state index contributed by atoms with van der Waals surface area (Å²) < 4.78 is 5.15. The molecule has 0 aliphatic heterocycles. The molecule has 2 rings (SSSR count). The van der Waals surface area contributed by atoms with Gasteiger partial charge in [0, 0.05) is 6.42 Å². The zero-order valence-electron chi connectivity index (χ0n) is 20.7. The highest BCUT2D eigenvalue weighted by atomic mass is 16.5. The lowest BCUT2D eigenvalue weighted by Gasteiger charge is -2.20. The third-order valence-electron chi connectivity index (χ3n) is 6.57. The Morgan fingerprint density at radius 3 is 2.64 bits per heavy atom. The third-order valence-corrected chi connectivity index (χ3v) is 6.57. The van der Waals surface area contributed by atoms with E-state index in [1.807, 2.05) is 26.0 Å². The van der Waals surface area contributed by atoms with Crippen LogP contribution >= 0.6 is 0 Å². The number of unbranched alkanes of at least 4 members (excludes halogenated alkanes) is 2. The zero-order valence-corrected chi connectivity index (χ0v) is 20.7.